The molecular weight excluding hydrogens is 224 g/mol. The van der Waals surface area contributed by atoms with Crippen LogP contribution in [0.15, 0.2) is 0 Å². The van der Waals surface area contributed by atoms with Crippen LogP contribution in [-0.4, -0.2) is 50.3 Å². The van der Waals surface area contributed by atoms with Gasteiger partial charge in [-0.25, -0.2) is 0 Å². The number of nitrogens with zero attached hydrogens (tertiary/aromatic N) is 1. The smallest absolute Gasteiger partial charge is 0.0474 e. The Hall–Kier alpha value is -0.120. The second-order valence-electron chi connectivity index (χ2n) is 6.39. The van der Waals surface area contributed by atoms with Crippen LogP contribution in [0.2, 0.25) is 0 Å². The lowest BCUT2D eigenvalue weighted by Gasteiger charge is -2.43. The van der Waals surface area contributed by atoms with Gasteiger partial charge in [-0.2, -0.15) is 0 Å². The van der Waals surface area contributed by atoms with Crippen LogP contribution in [0.25, 0.3) is 0 Å². The Kier molecular flexibility index (Phi) is 7.20. The van der Waals surface area contributed by atoms with Gasteiger partial charge < -0.3 is 10.1 Å². The first-order valence-corrected chi connectivity index (χ1v) is 7.51. The minimum atomic E-state index is 0.669. The molecule has 0 saturated carbocycles. The predicted molar refractivity (Wildman–Crippen MR) is 77.9 cm³/mol. The van der Waals surface area contributed by atoms with Crippen LogP contribution in [0.4, 0.5) is 0 Å². The molecule has 18 heavy (non-hydrogen) atoms. The Labute approximate surface area is 113 Å². The summed E-state index contributed by atoms with van der Waals surface area (Å²) in [6.07, 6.45) is 2.43. The van der Waals surface area contributed by atoms with Crippen molar-refractivity contribution in [3.8, 4) is 0 Å². The van der Waals surface area contributed by atoms with Crippen molar-refractivity contribution >= 4 is 0 Å². The van der Waals surface area contributed by atoms with E-state index in [1.807, 2.05) is 0 Å². The molecule has 2 atom stereocenters. The Bertz CT molecular complexity index is 219. The molecule has 1 aliphatic heterocycles. The third-order valence-electron chi connectivity index (χ3n) is 3.86. The van der Waals surface area contributed by atoms with Crippen LogP contribution in [0.1, 0.15) is 40.5 Å². The summed E-state index contributed by atoms with van der Waals surface area (Å²) in [7, 11) is 1.79. The van der Waals surface area contributed by atoms with Crippen molar-refractivity contribution < 1.29 is 4.74 Å². The number of ether oxygens (including phenoxy) is 1. The second kappa shape index (κ2) is 8.13. The van der Waals surface area contributed by atoms with E-state index in [0.717, 1.165) is 31.4 Å². The molecular formula is C15H32N2O. The highest BCUT2D eigenvalue weighted by atomic mass is 16.5. The van der Waals surface area contributed by atoms with Crippen molar-refractivity contribution in [2.75, 3.05) is 33.4 Å². The Balaban J connectivity index is 2.47. The predicted octanol–water partition coefficient (Wildman–Crippen LogP) is 2.37. The monoisotopic (exact) mass is 256 g/mol. The molecule has 3 nitrogen and oxygen atoms in total. The van der Waals surface area contributed by atoms with E-state index in [2.05, 4.69) is 37.9 Å². The van der Waals surface area contributed by atoms with E-state index in [-0.39, 0.29) is 0 Å². The van der Waals surface area contributed by atoms with Crippen LogP contribution >= 0.6 is 0 Å². The highest BCUT2D eigenvalue weighted by Gasteiger charge is 2.29. The van der Waals surface area contributed by atoms with Gasteiger partial charge in [-0.15, -0.1) is 0 Å². The van der Waals surface area contributed by atoms with E-state index in [0.29, 0.717) is 12.1 Å². The Morgan fingerprint density at radius 3 is 2.56 bits per heavy atom. The SMILES string of the molecule is COCCCN1CC(CC(C)C)NCC1C(C)C. The molecule has 0 aromatic carbocycles. The molecule has 0 amide bonds. The number of hydrogen-bond acceptors (Lipinski definition) is 3. The summed E-state index contributed by atoms with van der Waals surface area (Å²) in [4.78, 5) is 2.67. The maximum absolute atomic E-state index is 5.18. The molecule has 1 heterocycles. The Morgan fingerprint density at radius 1 is 1.28 bits per heavy atom. The zero-order valence-electron chi connectivity index (χ0n) is 12.9. The van der Waals surface area contributed by atoms with Crippen molar-refractivity contribution in [1.29, 1.82) is 0 Å². The van der Waals surface area contributed by atoms with Crippen molar-refractivity contribution in [3.63, 3.8) is 0 Å². The summed E-state index contributed by atoms with van der Waals surface area (Å²) >= 11 is 0. The lowest BCUT2D eigenvalue weighted by Crippen LogP contribution is -2.58. The third-order valence-corrected chi connectivity index (χ3v) is 3.86. The molecule has 0 aromatic heterocycles. The molecule has 3 heteroatoms. The first-order valence-electron chi connectivity index (χ1n) is 7.51. The van der Waals surface area contributed by atoms with Gasteiger partial charge in [0.2, 0.25) is 0 Å². The van der Waals surface area contributed by atoms with E-state index >= 15 is 0 Å². The van der Waals surface area contributed by atoms with Gasteiger partial charge >= 0.3 is 0 Å². The fourth-order valence-electron chi connectivity index (χ4n) is 2.95. The molecule has 1 rings (SSSR count). The van der Waals surface area contributed by atoms with Crippen molar-refractivity contribution in [3.05, 3.63) is 0 Å². The maximum Gasteiger partial charge on any atom is 0.0474 e. The molecule has 0 spiro atoms. The van der Waals surface area contributed by atoms with Gasteiger partial charge in [0.15, 0.2) is 0 Å². The normalized spacial score (nSPS) is 26.2. The van der Waals surface area contributed by atoms with E-state index in [1.54, 1.807) is 7.11 Å². The molecule has 1 N–H and O–H groups in total. The van der Waals surface area contributed by atoms with Gasteiger partial charge in [0.1, 0.15) is 0 Å². The highest BCUT2D eigenvalue weighted by Crippen LogP contribution is 2.18. The van der Waals surface area contributed by atoms with Gasteiger partial charge in [-0.05, 0) is 24.7 Å². The van der Waals surface area contributed by atoms with Crippen molar-refractivity contribution in [2.45, 2.75) is 52.6 Å². The summed E-state index contributed by atoms with van der Waals surface area (Å²) in [5, 5.41) is 3.73. The summed E-state index contributed by atoms with van der Waals surface area (Å²) in [5.74, 6) is 1.50. The molecule has 0 radical (unpaired) electrons. The molecule has 0 bridgehead atoms. The largest absolute Gasteiger partial charge is 0.385 e. The summed E-state index contributed by atoms with van der Waals surface area (Å²) < 4.78 is 5.18. The van der Waals surface area contributed by atoms with Gasteiger partial charge in [0.25, 0.3) is 0 Å². The first kappa shape index (κ1) is 15.9. The number of nitrogens with one attached hydrogen (secondary N) is 1. The fraction of sp³-hybridized carbons (Fsp3) is 1.00. The van der Waals surface area contributed by atoms with Crippen molar-refractivity contribution in [1.82, 2.24) is 10.2 Å². The minimum Gasteiger partial charge on any atom is -0.385 e. The quantitative estimate of drug-likeness (QED) is 0.708. The second-order valence-corrected chi connectivity index (χ2v) is 6.39. The standard InChI is InChI=1S/C15H32N2O/c1-12(2)9-14-11-17(7-6-8-18-5)15(10-16-14)13(3)4/h12-16H,6-11H2,1-5H3. The van der Waals surface area contributed by atoms with Crippen LogP contribution < -0.4 is 5.32 Å². The molecule has 1 fully saturated rings. The lowest BCUT2D eigenvalue weighted by molar-refractivity contribution is 0.0801. The molecule has 1 aliphatic rings. The van der Waals surface area contributed by atoms with E-state index < -0.39 is 0 Å². The lowest BCUT2D eigenvalue weighted by atomic mass is 9.95. The van der Waals surface area contributed by atoms with Gasteiger partial charge in [0, 0.05) is 45.4 Å². The minimum absolute atomic E-state index is 0.669. The van der Waals surface area contributed by atoms with Crippen molar-refractivity contribution in [2.24, 2.45) is 11.8 Å². The molecule has 2 unspecified atom stereocenters. The third kappa shape index (κ3) is 5.25. The number of methoxy groups -OCH3 is 1. The average Bonchev–Trinajstić information content (AvgIpc) is 2.28. The van der Waals surface area contributed by atoms with Gasteiger partial charge in [0.05, 0.1) is 0 Å². The van der Waals surface area contributed by atoms with E-state index in [9.17, 15) is 0 Å². The fourth-order valence-corrected chi connectivity index (χ4v) is 2.95. The van der Waals surface area contributed by atoms with E-state index in [1.165, 1.54) is 19.5 Å². The molecule has 0 aromatic rings. The van der Waals surface area contributed by atoms with Gasteiger partial charge in [-0.1, -0.05) is 27.7 Å². The zero-order valence-corrected chi connectivity index (χ0v) is 12.9. The molecule has 0 aliphatic carbocycles. The highest BCUT2D eigenvalue weighted by molar-refractivity contribution is 4.88. The van der Waals surface area contributed by atoms with Crippen LogP contribution in [0.5, 0.6) is 0 Å². The zero-order chi connectivity index (χ0) is 13.5. The van der Waals surface area contributed by atoms with E-state index in [4.69, 9.17) is 4.74 Å². The first-order chi connectivity index (χ1) is 8.54. The number of rotatable bonds is 7. The van der Waals surface area contributed by atoms with Crippen LogP contribution in [0, 0.1) is 11.8 Å². The topological polar surface area (TPSA) is 24.5 Å². The summed E-state index contributed by atoms with van der Waals surface area (Å²) in [6, 6.07) is 1.35. The number of hydrogen-bond donors (Lipinski definition) is 1. The molecule has 1 saturated heterocycles. The Morgan fingerprint density at radius 2 is 2.00 bits per heavy atom. The van der Waals surface area contributed by atoms with Crippen LogP contribution in [-0.2, 0) is 4.74 Å². The molecule has 108 valence electrons. The van der Waals surface area contributed by atoms with Crippen LogP contribution in [0.3, 0.4) is 0 Å². The maximum atomic E-state index is 5.18. The van der Waals surface area contributed by atoms with Gasteiger partial charge in [-0.3, -0.25) is 4.90 Å². The summed E-state index contributed by atoms with van der Waals surface area (Å²) in [6.45, 7) is 13.7. The summed E-state index contributed by atoms with van der Waals surface area (Å²) in [5.41, 5.74) is 0. The average molecular weight is 256 g/mol. The number of piperazine rings is 1.